The summed E-state index contributed by atoms with van der Waals surface area (Å²) in [6, 6.07) is 0. The van der Waals surface area contributed by atoms with Crippen LogP contribution in [0.5, 0.6) is 0 Å². The maximum Gasteiger partial charge on any atom is 0.431 e. The summed E-state index contributed by atoms with van der Waals surface area (Å²) in [5.41, 5.74) is -0.557. The Morgan fingerprint density at radius 3 is 2.59 bits per heavy atom. The van der Waals surface area contributed by atoms with E-state index < -0.39 is 17.6 Å². The van der Waals surface area contributed by atoms with E-state index in [1.807, 2.05) is 0 Å². The summed E-state index contributed by atoms with van der Waals surface area (Å²) in [5.74, 6) is -0.818. The molecular formula is C11H19NO5. The van der Waals surface area contributed by atoms with E-state index in [0.717, 1.165) is 5.06 Å². The van der Waals surface area contributed by atoms with Crippen LogP contribution in [-0.4, -0.2) is 41.0 Å². The summed E-state index contributed by atoms with van der Waals surface area (Å²) in [5, 5.41) is 9.65. The Bertz CT molecular complexity index is 297. The number of hydrogen-bond acceptors (Lipinski definition) is 4. The molecule has 1 aliphatic rings. The summed E-state index contributed by atoms with van der Waals surface area (Å²) >= 11 is 0. The normalized spacial score (nSPS) is 21.8. The molecule has 1 aliphatic heterocycles. The minimum atomic E-state index is -1.18. The highest BCUT2D eigenvalue weighted by Gasteiger charge is 2.30. The average molecular weight is 245 g/mol. The van der Waals surface area contributed by atoms with Crippen LogP contribution in [0.25, 0.3) is 0 Å². The van der Waals surface area contributed by atoms with Crippen molar-refractivity contribution >= 4 is 12.1 Å². The summed E-state index contributed by atoms with van der Waals surface area (Å²) in [6.45, 7) is 5.70. The molecule has 0 aromatic carbocycles. The minimum absolute atomic E-state index is 0.0320. The summed E-state index contributed by atoms with van der Waals surface area (Å²) in [7, 11) is 0. The van der Waals surface area contributed by atoms with Crippen molar-refractivity contribution in [2.45, 2.75) is 39.2 Å². The topological polar surface area (TPSA) is 76.1 Å². The Balaban J connectivity index is 2.62. The molecule has 1 heterocycles. The average Bonchev–Trinajstić information content (AvgIpc) is 2.39. The molecule has 1 saturated heterocycles. The van der Waals surface area contributed by atoms with Gasteiger partial charge in [0.15, 0.2) is 0 Å². The molecule has 0 unspecified atom stereocenters. The number of carbonyl (C=O) groups excluding carboxylic acids is 1. The Morgan fingerprint density at radius 1 is 1.41 bits per heavy atom. The van der Waals surface area contributed by atoms with Crippen molar-refractivity contribution in [3.8, 4) is 0 Å². The first kappa shape index (κ1) is 13.8. The fraction of sp³-hybridized carbons (Fsp3) is 0.818. The Labute approximate surface area is 100 Å². The van der Waals surface area contributed by atoms with E-state index in [0.29, 0.717) is 19.4 Å². The van der Waals surface area contributed by atoms with Crippen LogP contribution in [-0.2, 0) is 14.4 Å². The third-order valence-corrected chi connectivity index (χ3v) is 2.28. The van der Waals surface area contributed by atoms with Gasteiger partial charge in [-0.2, -0.15) is 5.06 Å². The lowest BCUT2D eigenvalue weighted by Crippen LogP contribution is -2.37. The fourth-order valence-corrected chi connectivity index (χ4v) is 1.56. The number of ether oxygens (including phenoxy) is 1. The van der Waals surface area contributed by atoms with Crippen molar-refractivity contribution in [2.24, 2.45) is 5.92 Å². The highest BCUT2D eigenvalue weighted by molar-refractivity contribution is 5.74. The Hall–Kier alpha value is -1.30. The molecule has 17 heavy (non-hydrogen) atoms. The minimum Gasteiger partial charge on any atom is -0.463 e. The molecule has 0 aromatic rings. The predicted octanol–water partition coefficient (Wildman–Crippen LogP) is 1.65. The van der Waals surface area contributed by atoms with Crippen LogP contribution in [0.15, 0.2) is 0 Å². The van der Waals surface area contributed by atoms with E-state index in [1.54, 1.807) is 20.8 Å². The zero-order chi connectivity index (χ0) is 13.1. The van der Waals surface area contributed by atoms with Crippen LogP contribution >= 0.6 is 0 Å². The van der Waals surface area contributed by atoms with E-state index in [4.69, 9.17) is 14.7 Å². The van der Waals surface area contributed by atoms with Gasteiger partial charge in [-0.05, 0) is 33.6 Å². The van der Waals surface area contributed by atoms with Crippen LogP contribution in [0.3, 0.4) is 0 Å². The molecule has 1 rings (SSSR count). The molecule has 98 valence electrons. The first-order valence-corrected chi connectivity index (χ1v) is 5.66. The summed E-state index contributed by atoms with van der Waals surface area (Å²) in [6.07, 6.45) is 0.0484. The second kappa shape index (κ2) is 5.35. The Kier molecular flexibility index (Phi) is 4.34. The second-order valence-electron chi connectivity index (χ2n) is 5.05. The number of rotatable bonds is 1. The van der Waals surface area contributed by atoms with Crippen LogP contribution < -0.4 is 0 Å². The number of esters is 1. The van der Waals surface area contributed by atoms with Gasteiger partial charge in [-0.3, -0.25) is 9.63 Å². The smallest absolute Gasteiger partial charge is 0.431 e. The highest BCUT2D eigenvalue weighted by Crippen LogP contribution is 2.19. The van der Waals surface area contributed by atoms with Crippen LogP contribution in [0.4, 0.5) is 4.79 Å². The van der Waals surface area contributed by atoms with E-state index in [9.17, 15) is 9.59 Å². The summed E-state index contributed by atoms with van der Waals surface area (Å²) < 4.78 is 5.25. The lowest BCUT2D eigenvalue weighted by atomic mass is 10.0. The molecule has 0 aromatic heterocycles. The van der Waals surface area contributed by atoms with Gasteiger partial charge in [0.1, 0.15) is 5.60 Å². The lowest BCUT2D eigenvalue weighted by Gasteiger charge is -2.24. The zero-order valence-electron chi connectivity index (χ0n) is 10.4. The fourth-order valence-electron chi connectivity index (χ4n) is 1.56. The first-order valence-electron chi connectivity index (χ1n) is 5.66. The number of nitrogens with zero attached hydrogens (tertiary/aromatic N) is 1. The zero-order valence-corrected chi connectivity index (χ0v) is 10.4. The van der Waals surface area contributed by atoms with Crippen LogP contribution in [0.2, 0.25) is 0 Å². The number of amides is 1. The second-order valence-corrected chi connectivity index (χ2v) is 5.05. The first-order chi connectivity index (χ1) is 7.79. The van der Waals surface area contributed by atoms with Crippen molar-refractivity contribution in [2.75, 3.05) is 13.2 Å². The van der Waals surface area contributed by atoms with Gasteiger partial charge < -0.3 is 9.84 Å². The van der Waals surface area contributed by atoms with Gasteiger partial charge in [0.2, 0.25) is 0 Å². The van der Waals surface area contributed by atoms with Gasteiger partial charge in [0.25, 0.3) is 0 Å². The Morgan fingerprint density at radius 2 is 2.06 bits per heavy atom. The molecule has 0 radical (unpaired) electrons. The van der Waals surface area contributed by atoms with Crippen molar-refractivity contribution in [3.05, 3.63) is 0 Å². The van der Waals surface area contributed by atoms with E-state index >= 15 is 0 Å². The third-order valence-electron chi connectivity index (χ3n) is 2.28. The monoisotopic (exact) mass is 245 g/mol. The molecule has 1 amide bonds. The van der Waals surface area contributed by atoms with E-state index in [1.165, 1.54) is 0 Å². The van der Waals surface area contributed by atoms with Crippen LogP contribution in [0.1, 0.15) is 33.6 Å². The highest BCUT2D eigenvalue weighted by atomic mass is 16.7. The number of hydroxylamine groups is 2. The molecule has 1 atom stereocenters. The predicted molar refractivity (Wildman–Crippen MR) is 59.3 cm³/mol. The lowest BCUT2D eigenvalue weighted by molar-refractivity contribution is -0.165. The van der Waals surface area contributed by atoms with Gasteiger partial charge in [0, 0.05) is 0 Å². The van der Waals surface area contributed by atoms with Gasteiger partial charge in [-0.15, -0.1) is 0 Å². The van der Waals surface area contributed by atoms with Crippen molar-refractivity contribution < 1.29 is 24.3 Å². The molecule has 0 bridgehead atoms. The molecule has 6 nitrogen and oxygen atoms in total. The number of carbonyl (C=O) groups is 2. The molecule has 6 heteroatoms. The maximum absolute atomic E-state index is 11.8. The van der Waals surface area contributed by atoms with Gasteiger partial charge in [-0.25, -0.2) is 4.79 Å². The molecule has 1 N–H and O–H groups in total. The standard InChI is InChI=1S/C11H19NO5/c1-11(2,3)17-9(13)8-5-4-6-16-12(7-8)10(14)15/h8H,4-7H2,1-3H3,(H,14,15)/t8-/m0/s1. The quantitative estimate of drug-likeness (QED) is 0.711. The number of carboxylic acid groups (broad SMARTS) is 1. The van der Waals surface area contributed by atoms with E-state index in [-0.39, 0.29) is 12.5 Å². The summed E-state index contributed by atoms with van der Waals surface area (Å²) in [4.78, 5) is 27.6. The molecule has 1 fully saturated rings. The van der Waals surface area contributed by atoms with E-state index in [2.05, 4.69) is 0 Å². The molecule has 0 spiro atoms. The SMILES string of the molecule is CC(C)(C)OC(=O)[C@H]1CCCON(C(=O)O)C1. The van der Waals surface area contributed by atoms with Gasteiger partial charge >= 0.3 is 12.1 Å². The number of hydrogen-bond donors (Lipinski definition) is 1. The van der Waals surface area contributed by atoms with Gasteiger partial charge in [0.05, 0.1) is 19.1 Å². The van der Waals surface area contributed by atoms with Crippen LogP contribution in [0, 0.1) is 5.92 Å². The maximum atomic E-state index is 11.8. The van der Waals surface area contributed by atoms with Crippen molar-refractivity contribution in [1.29, 1.82) is 0 Å². The molecule has 0 saturated carbocycles. The van der Waals surface area contributed by atoms with Gasteiger partial charge in [-0.1, -0.05) is 0 Å². The molecule has 0 aliphatic carbocycles. The largest absolute Gasteiger partial charge is 0.463 e. The molecular weight excluding hydrogens is 226 g/mol. The van der Waals surface area contributed by atoms with Crippen molar-refractivity contribution in [3.63, 3.8) is 0 Å². The van der Waals surface area contributed by atoms with Crippen molar-refractivity contribution in [1.82, 2.24) is 5.06 Å². The third kappa shape index (κ3) is 4.60.